The van der Waals surface area contributed by atoms with Crippen LogP contribution in [0.3, 0.4) is 0 Å². The fourth-order valence-electron chi connectivity index (χ4n) is 3.16. The zero-order chi connectivity index (χ0) is 18.1. The van der Waals surface area contributed by atoms with Crippen LogP contribution in [0.2, 0.25) is 0 Å². The SMILES string of the molecule is Cc1ccc2c(c1)[C@@H](NC(=O)Nc1c(C)cc(N(C)C)cc1C)CO2. The monoisotopic (exact) mass is 339 g/mol. The van der Waals surface area contributed by atoms with Crippen LogP contribution in [0.1, 0.15) is 28.3 Å². The van der Waals surface area contributed by atoms with Gasteiger partial charge in [0.05, 0.1) is 6.04 Å². The van der Waals surface area contributed by atoms with Crippen LogP contribution in [0.25, 0.3) is 0 Å². The van der Waals surface area contributed by atoms with Crippen LogP contribution >= 0.6 is 0 Å². The molecule has 2 aromatic rings. The highest BCUT2D eigenvalue weighted by Gasteiger charge is 2.26. The summed E-state index contributed by atoms with van der Waals surface area (Å²) in [6.45, 7) is 6.51. The summed E-state index contributed by atoms with van der Waals surface area (Å²) in [5.41, 5.74) is 6.24. The summed E-state index contributed by atoms with van der Waals surface area (Å²) >= 11 is 0. The van der Waals surface area contributed by atoms with Crippen LogP contribution in [0.5, 0.6) is 5.75 Å². The average Bonchev–Trinajstić information content (AvgIpc) is 2.92. The van der Waals surface area contributed by atoms with Crippen LogP contribution in [-0.4, -0.2) is 26.7 Å². The van der Waals surface area contributed by atoms with Gasteiger partial charge in [0.2, 0.25) is 0 Å². The van der Waals surface area contributed by atoms with Crippen molar-refractivity contribution in [2.45, 2.75) is 26.8 Å². The van der Waals surface area contributed by atoms with E-state index >= 15 is 0 Å². The van der Waals surface area contributed by atoms with Crippen molar-refractivity contribution in [3.8, 4) is 5.75 Å². The van der Waals surface area contributed by atoms with Crippen molar-refractivity contribution in [3.05, 3.63) is 52.6 Å². The molecule has 0 bridgehead atoms. The van der Waals surface area contributed by atoms with Crippen LogP contribution in [-0.2, 0) is 0 Å². The number of rotatable bonds is 3. The Morgan fingerprint density at radius 3 is 2.44 bits per heavy atom. The third kappa shape index (κ3) is 3.55. The average molecular weight is 339 g/mol. The number of benzene rings is 2. The van der Waals surface area contributed by atoms with E-state index in [2.05, 4.69) is 33.7 Å². The minimum absolute atomic E-state index is 0.128. The van der Waals surface area contributed by atoms with E-state index in [0.717, 1.165) is 39.4 Å². The summed E-state index contributed by atoms with van der Waals surface area (Å²) in [5, 5.41) is 6.01. The zero-order valence-corrected chi connectivity index (χ0v) is 15.4. The number of amides is 2. The Balaban J connectivity index is 1.74. The topological polar surface area (TPSA) is 53.6 Å². The molecule has 0 unspecified atom stereocenters. The first kappa shape index (κ1) is 17.1. The number of nitrogens with one attached hydrogen (secondary N) is 2. The standard InChI is InChI=1S/C20H25N3O2/c1-12-6-7-18-16(8-12)17(11-25-18)21-20(24)22-19-13(2)9-15(23(4)5)10-14(19)3/h6-10,17H,11H2,1-5H3,(H2,21,22,24)/t17-/m0/s1. The Labute approximate surface area is 149 Å². The van der Waals surface area contributed by atoms with E-state index in [1.807, 2.05) is 47.0 Å². The second-order valence-electron chi connectivity index (χ2n) is 6.85. The molecule has 2 amide bonds. The highest BCUT2D eigenvalue weighted by molar-refractivity contribution is 5.91. The summed E-state index contributed by atoms with van der Waals surface area (Å²) in [7, 11) is 4.01. The predicted octanol–water partition coefficient (Wildman–Crippen LogP) is 3.93. The van der Waals surface area contributed by atoms with Gasteiger partial charge in [-0.05, 0) is 50.1 Å². The number of fused-ring (bicyclic) bond motifs is 1. The first-order valence-electron chi connectivity index (χ1n) is 8.44. The van der Waals surface area contributed by atoms with E-state index in [0.29, 0.717) is 6.61 Å². The molecule has 0 spiro atoms. The van der Waals surface area contributed by atoms with Gasteiger partial charge in [0.1, 0.15) is 12.4 Å². The molecule has 1 atom stereocenters. The fraction of sp³-hybridized carbons (Fsp3) is 0.350. The highest BCUT2D eigenvalue weighted by Crippen LogP contribution is 2.33. The van der Waals surface area contributed by atoms with E-state index in [1.54, 1.807) is 0 Å². The molecule has 5 heteroatoms. The smallest absolute Gasteiger partial charge is 0.319 e. The molecule has 1 aliphatic heterocycles. The molecule has 0 fully saturated rings. The lowest BCUT2D eigenvalue weighted by Crippen LogP contribution is -2.33. The summed E-state index contributed by atoms with van der Waals surface area (Å²) < 4.78 is 5.66. The van der Waals surface area contributed by atoms with Gasteiger partial charge in [-0.25, -0.2) is 4.79 Å². The van der Waals surface area contributed by atoms with Crippen molar-refractivity contribution < 1.29 is 9.53 Å². The molecular formula is C20H25N3O2. The van der Waals surface area contributed by atoms with Crippen LogP contribution in [0.4, 0.5) is 16.2 Å². The van der Waals surface area contributed by atoms with Gasteiger partial charge >= 0.3 is 6.03 Å². The second kappa shape index (κ2) is 6.67. The molecule has 0 saturated heterocycles. The van der Waals surface area contributed by atoms with Gasteiger partial charge in [-0.15, -0.1) is 0 Å². The van der Waals surface area contributed by atoms with E-state index in [9.17, 15) is 4.79 Å². The van der Waals surface area contributed by atoms with Gasteiger partial charge in [-0.3, -0.25) is 0 Å². The lowest BCUT2D eigenvalue weighted by Gasteiger charge is -2.19. The Hall–Kier alpha value is -2.69. The van der Waals surface area contributed by atoms with E-state index < -0.39 is 0 Å². The largest absolute Gasteiger partial charge is 0.491 e. The van der Waals surface area contributed by atoms with Crippen molar-refractivity contribution >= 4 is 17.4 Å². The minimum Gasteiger partial charge on any atom is -0.491 e. The normalized spacial score (nSPS) is 15.3. The number of urea groups is 1. The zero-order valence-electron chi connectivity index (χ0n) is 15.4. The second-order valence-corrected chi connectivity index (χ2v) is 6.85. The number of carbonyl (C=O) groups is 1. The molecule has 0 radical (unpaired) electrons. The Bertz CT molecular complexity index is 792. The van der Waals surface area contributed by atoms with E-state index in [4.69, 9.17) is 4.74 Å². The Morgan fingerprint density at radius 2 is 1.80 bits per heavy atom. The molecule has 0 aliphatic carbocycles. The number of hydrogen-bond acceptors (Lipinski definition) is 3. The highest BCUT2D eigenvalue weighted by atomic mass is 16.5. The van der Waals surface area contributed by atoms with E-state index in [1.165, 1.54) is 0 Å². The number of carbonyl (C=O) groups excluding carboxylic acids is 1. The van der Waals surface area contributed by atoms with Crippen molar-refractivity contribution in [1.82, 2.24) is 5.32 Å². The van der Waals surface area contributed by atoms with Crippen molar-refractivity contribution in [2.75, 3.05) is 30.9 Å². The number of anilines is 2. The third-order valence-electron chi connectivity index (χ3n) is 4.52. The molecule has 3 rings (SSSR count). The maximum atomic E-state index is 12.5. The maximum absolute atomic E-state index is 12.5. The predicted molar refractivity (Wildman–Crippen MR) is 102 cm³/mol. The van der Waals surface area contributed by atoms with Crippen LogP contribution < -0.4 is 20.3 Å². The van der Waals surface area contributed by atoms with Crippen molar-refractivity contribution in [3.63, 3.8) is 0 Å². The first-order valence-corrected chi connectivity index (χ1v) is 8.44. The number of aryl methyl sites for hydroxylation is 3. The van der Waals surface area contributed by atoms with Gasteiger partial charge < -0.3 is 20.3 Å². The first-order chi connectivity index (χ1) is 11.8. The van der Waals surface area contributed by atoms with Gasteiger partial charge in [-0.1, -0.05) is 17.7 Å². The minimum atomic E-state index is -0.216. The summed E-state index contributed by atoms with van der Waals surface area (Å²) in [5.74, 6) is 0.846. The Kier molecular flexibility index (Phi) is 4.57. The van der Waals surface area contributed by atoms with Crippen molar-refractivity contribution in [1.29, 1.82) is 0 Å². The molecule has 1 heterocycles. The molecule has 25 heavy (non-hydrogen) atoms. The lowest BCUT2D eigenvalue weighted by molar-refractivity contribution is 0.243. The number of nitrogens with zero attached hydrogens (tertiary/aromatic N) is 1. The third-order valence-corrected chi connectivity index (χ3v) is 4.52. The summed E-state index contributed by atoms with van der Waals surface area (Å²) in [4.78, 5) is 14.6. The fourth-order valence-corrected chi connectivity index (χ4v) is 3.16. The molecular weight excluding hydrogens is 314 g/mol. The summed E-state index contributed by atoms with van der Waals surface area (Å²) in [6.07, 6.45) is 0. The number of ether oxygens (including phenoxy) is 1. The Morgan fingerprint density at radius 1 is 1.12 bits per heavy atom. The molecule has 1 aliphatic rings. The van der Waals surface area contributed by atoms with Crippen LogP contribution in [0.15, 0.2) is 30.3 Å². The molecule has 5 nitrogen and oxygen atoms in total. The lowest BCUT2D eigenvalue weighted by atomic mass is 10.1. The molecule has 0 saturated carbocycles. The quantitative estimate of drug-likeness (QED) is 0.891. The molecule has 2 aromatic carbocycles. The molecule has 2 N–H and O–H groups in total. The van der Waals surface area contributed by atoms with Gasteiger partial charge in [-0.2, -0.15) is 0 Å². The van der Waals surface area contributed by atoms with E-state index in [-0.39, 0.29) is 12.1 Å². The van der Waals surface area contributed by atoms with Crippen LogP contribution in [0, 0.1) is 20.8 Å². The van der Waals surface area contributed by atoms with Crippen molar-refractivity contribution in [2.24, 2.45) is 0 Å². The van der Waals surface area contributed by atoms with Gasteiger partial charge in [0.25, 0.3) is 0 Å². The molecule has 132 valence electrons. The number of hydrogen-bond donors (Lipinski definition) is 2. The molecule has 0 aromatic heterocycles. The summed E-state index contributed by atoms with van der Waals surface area (Å²) in [6, 6.07) is 9.83. The van der Waals surface area contributed by atoms with Gasteiger partial charge in [0.15, 0.2) is 0 Å². The van der Waals surface area contributed by atoms with Gasteiger partial charge in [0, 0.05) is 31.0 Å². The maximum Gasteiger partial charge on any atom is 0.319 e.